The van der Waals surface area contributed by atoms with Crippen LogP contribution in [0.5, 0.6) is 5.75 Å². The minimum absolute atomic E-state index is 0.369. The maximum Gasteiger partial charge on any atom is 0.491 e. The van der Waals surface area contributed by atoms with Gasteiger partial charge in [0.05, 0.1) is 18.3 Å². The summed E-state index contributed by atoms with van der Waals surface area (Å²) in [4.78, 5) is 0. The second kappa shape index (κ2) is 6.07. The molecule has 0 atom stereocenters. The number of methoxy groups -OCH3 is 1. The van der Waals surface area contributed by atoms with Crippen molar-refractivity contribution >= 4 is 13.2 Å². The lowest BCUT2D eigenvalue weighted by Gasteiger charge is -2.32. The molecule has 1 aliphatic rings. The summed E-state index contributed by atoms with van der Waals surface area (Å²) < 4.78 is 17.6. The van der Waals surface area contributed by atoms with E-state index in [0.717, 1.165) is 22.3 Å². The molecule has 120 valence electrons. The quantitative estimate of drug-likeness (QED) is 0.869. The molecule has 1 aliphatic heterocycles. The molecular formula is C17H26BNO3. The number of aryl methyl sites for hydroxylation is 1. The first kappa shape index (κ1) is 17.1. The minimum atomic E-state index is -0.430. The summed E-state index contributed by atoms with van der Waals surface area (Å²) in [6.45, 7) is 10.6. The van der Waals surface area contributed by atoms with Gasteiger partial charge in [-0.15, -0.1) is 0 Å². The van der Waals surface area contributed by atoms with Crippen LogP contribution in [-0.4, -0.2) is 32.0 Å². The van der Waals surface area contributed by atoms with Crippen LogP contribution in [0.1, 0.15) is 38.8 Å². The standard InChI is InChI=1S/C17H26BNO3/c1-12-7-8-15(20-6)13(9-12)10-14(11-19)18-21-16(2,3)17(4,5)22-18/h7-10H,11,19H2,1-6H3. The Balaban J connectivity index is 2.35. The molecule has 0 unspecified atom stereocenters. The molecule has 2 rings (SSSR count). The molecule has 1 aromatic rings. The SMILES string of the molecule is COc1ccc(C)cc1C=C(CN)B1OC(C)(C)C(C)(C)O1. The number of hydrogen-bond donors (Lipinski definition) is 1. The van der Waals surface area contributed by atoms with Gasteiger partial charge in [0, 0.05) is 12.1 Å². The summed E-state index contributed by atoms with van der Waals surface area (Å²) in [6.07, 6.45) is 2.01. The van der Waals surface area contributed by atoms with Crippen molar-refractivity contribution in [3.8, 4) is 5.75 Å². The van der Waals surface area contributed by atoms with Gasteiger partial charge in [-0.05, 0) is 52.2 Å². The van der Waals surface area contributed by atoms with Crippen molar-refractivity contribution in [2.45, 2.75) is 45.8 Å². The van der Waals surface area contributed by atoms with Gasteiger partial charge < -0.3 is 19.8 Å². The van der Waals surface area contributed by atoms with Gasteiger partial charge in [0.1, 0.15) is 5.75 Å². The highest BCUT2D eigenvalue weighted by Gasteiger charge is 2.52. The van der Waals surface area contributed by atoms with Crippen molar-refractivity contribution in [3.63, 3.8) is 0 Å². The zero-order chi connectivity index (χ0) is 16.5. The molecule has 0 spiro atoms. The van der Waals surface area contributed by atoms with Gasteiger partial charge in [0.25, 0.3) is 0 Å². The van der Waals surface area contributed by atoms with E-state index in [4.69, 9.17) is 19.8 Å². The van der Waals surface area contributed by atoms with Crippen LogP contribution in [0.2, 0.25) is 0 Å². The van der Waals surface area contributed by atoms with E-state index in [0.29, 0.717) is 6.54 Å². The van der Waals surface area contributed by atoms with Gasteiger partial charge in [-0.2, -0.15) is 0 Å². The Labute approximate surface area is 133 Å². The third-order valence-corrected chi connectivity index (χ3v) is 4.52. The second-order valence-corrected chi connectivity index (χ2v) is 6.76. The maximum absolute atomic E-state index is 6.08. The normalized spacial score (nSPS) is 20.3. The smallest absolute Gasteiger partial charge is 0.491 e. The van der Waals surface area contributed by atoms with Crippen molar-refractivity contribution < 1.29 is 14.0 Å². The summed E-state index contributed by atoms with van der Waals surface area (Å²) in [7, 11) is 1.24. The first-order valence-corrected chi connectivity index (χ1v) is 7.61. The van der Waals surface area contributed by atoms with Gasteiger partial charge in [-0.1, -0.05) is 17.7 Å². The Morgan fingerprint density at radius 1 is 1.23 bits per heavy atom. The highest BCUT2D eigenvalue weighted by Crippen LogP contribution is 2.39. The molecule has 0 bridgehead atoms. The Bertz CT molecular complexity index is 565. The zero-order valence-corrected chi connectivity index (χ0v) is 14.4. The third-order valence-electron chi connectivity index (χ3n) is 4.52. The minimum Gasteiger partial charge on any atom is -0.496 e. The van der Waals surface area contributed by atoms with Gasteiger partial charge in [0.2, 0.25) is 0 Å². The topological polar surface area (TPSA) is 53.7 Å². The Morgan fingerprint density at radius 3 is 2.32 bits per heavy atom. The summed E-state index contributed by atoms with van der Waals surface area (Å²) in [6, 6.07) is 6.05. The summed E-state index contributed by atoms with van der Waals surface area (Å²) in [5.74, 6) is 0.813. The monoisotopic (exact) mass is 303 g/mol. The number of nitrogens with two attached hydrogens (primary N) is 1. The van der Waals surface area contributed by atoms with Gasteiger partial charge in [-0.3, -0.25) is 0 Å². The van der Waals surface area contributed by atoms with E-state index < -0.39 is 7.12 Å². The van der Waals surface area contributed by atoms with Gasteiger partial charge >= 0.3 is 7.12 Å². The summed E-state index contributed by atoms with van der Waals surface area (Å²) >= 11 is 0. The van der Waals surface area contributed by atoms with E-state index in [1.165, 1.54) is 0 Å². The fraction of sp³-hybridized carbons (Fsp3) is 0.529. The lowest BCUT2D eigenvalue weighted by atomic mass is 9.77. The first-order chi connectivity index (χ1) is 10.2. The molecule has 5 heteroatoms. The molecule has 0 radical (unpaired) electrons. The van der Waals surface area contributed by atoms with Crippen molar-refractivity contribution in [1.29, 1.82) is 0 Å². The molecule has 2 N–H and O–H groups in total. The van der Waals surface area contributed by atoms with Crippen LogP contribution in [0, 0.1) is 6.92 Å². The predicted octanol–water partition coefficient (Wildman–Crippen LogP) is 2.98. The van der Waals surface area contributed by atoms with Crippen molar-refractivity contribution in [2.24, 2.45) is 5.73 Å². The van der Waals surface area contributed by atoms with E-state index >= 15 is 0 Å². The van der Waals surface area contributed by atoms with E-state index in [1.54, 1.807) is 7.11 Å². The average molecular weight is 303 g/mol. The molecule has 0 aromatic heterocycles. The summed E-state index contributed by atoms with van der Waals surface area (Å²) in [5.41, 5.74) is 8.25. The van der Waals surface area contributed by atoms with Crippen LogP contribution in [-0.2, 0) is 9.31 Å². The third kappa shape index (κ3) is 3.22. The van der Waals surface area contributed by atoms with Gasteiger partial charge in [0.15, 0.2) is 0 Å². The molecule has 1 fully saturated rings. The molecule has 1 saturated heterocycles. The predicted molar refractivity (Wildman–Crippen MR) is 90.8 cm³/mol. The van der Waals surface area contributed by atoms with Gasteiger partial charge in [-0.25, -0.2) is 0 Å². The Hall–Kier alpha value is -1.30. The Morgan fingerprint density at radius 2 is 1.82 bits per heavy atom. The highest BCUT2D eigenvalue weighted by atomic mass is 16.7. The van der Waals surface area contributed by atoms with Crippen LogP contribution >= 0.6 is 0 Å². The average Bonchev–Trinajstić information content (AvgIpc) is 2.64. The van der Waals surface area contributed by atoms with Crippen LogP contribution in [0.3, 0.4) is 0 Å². The lowest BCUT2D eigenvalue weighted by molar-refractivity contribution is 0.00578. The molecule has 1 heterocycles. The van der Waals surface area contributed by atoms with Crippen molar-refractivity contribution in [2.75, 3.05) is 13.7 Å². The van der Waals surface area contributed by atoms with E-state index in [2.05, 4.69) is 6.07 Å². The first-order valence-electron chi connectivity index (χ1n) is 7.61. The number of ether oxygens (including phenoxy) is 1. The lowest BCUT2D eigenvalue weighted by Crippen LogP contribution is -2.41. The summed E-state index contributed by atoms with van der Waals surface area (Å²) in [5, 5.41) is 0. The Kier molecular flexibility index (Phi) is 4.71. The fourth-order valence-corrected chi connectivity index (χ4v) is 2.38. The largest absolute Gasteiger partial charge is 0.496 e. The number of hydrogen-bond acceptors (Lipinski definition) is 4. The molecule has 1 aromatic carbocycles. The molecule has 22 heavy (non-hydrogen) atoms. The maximum atomic E-state index is 6.08. The molecule has 0 aliphatic carbocycles. The van der Waals surface area contributed by atoms with E-state index in [9.17, 15) is 0 Å². The van der Waals surface area contributed by atoms with Crippen LogP contribution < -0.4 is 10.5 Å². The van der Waals surface area contributed by atoms with Crippen LogP contribution in [0.4, 0.5) is 0 Å². The molecular weight excluding hydrogens is 277 g/mol. The van der Waals surface area contributed by atoms with Crippen LogP contribution in [0.15, 0.2) is 23.7 Å². The van der Waals surface area contributed by atoms with Crippen LogP contribution in [0.25, 0.3) is 6.08 Å². The molecule has 0 amide bonds. The number of benzene rings is 1. The highest BCUT2D eigenvalue weighted by molar-refractivity contribution is 6.55. The van der Waals surface area contributed by atoms with E-state index in [1.807, 2.05) is 52.8 Å². The second-order valence-electron chi connectivity index (χ2n) is 6.76. The molecule has 4 nitrogen and oxygen atoms in total. The zero-order valence-electron chi connectivity index (χ0n) is 14.4. The number of rotatable bonds is 4. The fourth-order valence-electron chi connectivity index (χ4n) is 2.38. The van der Waals surface area contributed by atoms with Crippen molar-refractivity contribution in [1.82, 2.24) is 0 Å². The molecule has 0 saturated carbocycles. The van der Waals surface area contributed by atoms with E-state index in [-0.39, 0.29) is 11.2 Å². The van der Waals surface area contributed by atoms with Crippen molar-refractivity contribution in [3.05, 3.63) is 34.8 Å².